The summed E-state index contributed by atoms with van der Waals surface area (Å²) in [6, 6.07) is 10.6. The number of benzene rings is 1. The molecule has 5 heteroatoms. The minimum Gasteiger partial charge on any atom is -0.373 e. The number of urea groups is 1. The maximum Gasteiger partial charge on any atom is 0.317 e. The number of thioether (sulfide) groups is 1. The molecule has 1 N–H and O–H groups in total. The number of nitrogens with zero attached hydrogens (tertiary/aromatic N) is 1. The van der Waals surface area contributed by atoms with Crippen LogP contribution in [0.25, 0.3) is 0 Å². The second-order valence-electron chi connectivity index (χ2n) is 5.54. The second kappa shape index (κ2) is 7.18. The van der Waals surface area contributed by atoms with Crippen molar-refractivity contribution in [3.05, 3.63) is 35.9 Å². The summed E-state index contributed by atoms with van der Waals surface area (Å²) in [4.78, 5) is 14.2. The van der Waals surface area contributed by atoms with Crippen LogP contribution in [0.1, 0.15) is 24.5 Å². The largest absolute Gasteiger partial charge is 0.373 e. The Kier molecular flexibility index (Phi) is 5.04. The smallest absolute Gasteiger partial charge is 0.317 e. The van der Waals surface area contributed by atoms with E-state index in [0.29, 0.717) is 6.61 Å². The molecule has 0 saturated carbocycles. The van der Waals surface area contributed by atoms with Crippen molar-refractivity contribution >= 4 is 17.8 Å². The Morgan fingerprint density at radius 3 is 2.76 bits per heavy atom. The van der Waals surface area contributed by atoms with E-state index in [9.17, 15) is 4.79 Å². The van der Waals surface area contributed by atoms with E-state index in [-0.39, 0.29) is 18.2 Å². The van der Waals surface area contributed by atoms with Gasteiger partial charge in [0, 0.05) is 37.2 Å². The summed E-state index contributed by atoms with van der Waals surface area (Å²) in [7, 11) is 0. The van der Waals surface area contributed by atoms with E-state index >= 15 is 0 Å². The fraction of sp³-hybridized carbons (Fsp3) is 0.562. The highest BCUT2D eigenvalue weighted by Gasteiger charge is 2.26. The first kappa shape index (κ1) is 14.7. The van der Waals surface area contributed by atoms with Gasteiger partial charge in [0.1, 0.15) is 0 Å². The van der Waals surface area contributed by atoms with E-state index in [0.717, 1.165) is 37.4 Å². The Morgan fingerprint density at radius 2 is 2.00 bits per heavy atom. The SMILES string of the molecule is O=C(N[C@H]1CCO[C@H](c2ccccc2)C1)N1CCSCC1. The number of hydrogen-bond donors (Lipinski definition) is 1. The molecule has 0 radical (unpaired) electrons. The summed E-state index contributed by atoms with van der Waals surface area (Å²) in [5, 5.41) is 3.19. The van der Waals surface area contributed by atoms with Gasteiger partial charge in [-0.05, 0) is 18.4 Å². The highest BCUT2D eigenvalue weighted by Crippen LogP contribution is 2.28. The lowest BCUT2D eigenvalue weighted by Gasteiger charge is -2.33. The lowest BCUT2D eigenvalue weighted by Crippen LogP contribution is -2.49. The zero-order valence-electron chi connectivity index (χ0n) is 12.2. The number of rotatable bonds is 2. The average molecular weight is 306 g/mol. The Hall–Kier alpha value is -1.20. The summed E-state index contributed by atoms with van der Waals surface area (Å²) in [5.41, 5.74) is 1.20. The fourth-order valence-electron chi connectivity index (χ4n) is 2.86. The molecule has 4 nitrogen and oxygen atoms in total. The first-order chi connectivity index (χ1) is 10.3. The molecule has 2 amide bonds. The zero-order chi connectivity index (χ0) is 14.5. The molecule has 0 spiro atoms. The monoisotopic (exact) mass is 306 g/mol. The van der Waals surface area contributed by atoms with E-state index in [2.05, 4.69) is 17.4 Å². The van der Waals surface area contributed by atoms with Gasteiger partial charge >= 0.3 is 6.03 Å². The van der Waals surface area contributed by atoms with Crippen molar-refractivity contribution in [1.82, 2.24) is 10.2 Å². The van der Waals surface area contributed by atoms with Crippen LogP contribution in [0, 0.1) is 0 Å². The molecule has 2 atom stereocenters. The molecule has 21 heavy (non-hydrogen) atoms. The van der Waals surface area contributed by atoms with Crippen molar-refractivity contribution < 1.29 is 9.53 Å². The Balaban J connectivity index is 1.55. The summed E-state index contributed by atoms with van der Waals surface area (Å²) in [6.07, 6.45) is 1.86. The van der Waals surface area contributed by atoms with Crippen LogP contribution in [0.4, 0.5) is 4.79 Å². The summed E-state index contributed by atoms with van der Waals surface area (Å²) < 4.78 is 5.85. The van der Waals surface area contributed by atoms with Gasteiger partial charge in [0.2, 0.25) is 0 Å². The Bertz CT molecular complexity index is 463. The van der Waals surface area contributed by atoms with Crippen molar-refractivity contribution in [2.45, 2.75) is 25.0 Å². The maximum absolute atomic E-state index is 12.3. The minimum absolute atomic E-state index is 0.0917. The van der Waals surface area contributed by atoms with Crippen LogP contribution in [-0.2, 0) is 4.74 Å². The van der Waals surface area contributed by atoms with Crippen LogP contribution in [0.15, 0.2) is 30.3 Å². The van der Waals surface area contributed by atoms with Crippen molar-refractivity contribution in [1.29, 1.82) is 0 Å². The molecule has 0 aromatic heterocycles. The van der Waals surface area contributed by atoms with Gasteiger partial charge < -0.3 is 15.0 Å². The quantitative estimate of drug-likeness (QED) is 0.913. The zero-order valence-corrected chi connectivity index (χ0v) is 13.0. The van der Waals surface area contributed by atoms with E-state index in [1.54, 1.807) is 0 Å². The molecule has 0 aliphatic carbocycles. The van der Waals surface area contributed by atoms with Gasteiger partial charge in [-0.2, -0.15) is 11.8 Å². The van der Waals surface area contributed by atoms with Gasteiger partial charge in [-0.1, -0.05) is 30.3 Å². The number of amides is 2. The maximum atomic E-state index is 12.3. The number of carbonyl (C=O) groups excluding carboxylic acids is 1. The van der Waals surface area contributed by atoms with E-state index in [1.807, 2.05) is 34.9 Å². The molecular weight excluding hydrogens is 284 g/mol. The van der Waals surface area contributed by atoms with E-state index in [1.165, 1.54) is 5.56 Å². The van der Waals surface area contributed by atoms with Crippen molar-refractivity contribution in [2.75, 3.05) is 31.2 Å². The van der Waals surface area contributed by atoms with Crippen LogP contribution in [0.2, 0.25) is 0 Å². The van der Waals surface area contributed by atoms with Gasteiger partial charge in [-0.15, -0.1) is 0 Å². The Morgan fingerprint density at radius 1 is 1.24 bits per heavy atom. The topological polar surface area (TPSA) is 41.6 Å². The molecule has 114 valence electrons. The lowest BCUT2D eigenvalue weighted by atomic mass is 9.97. The van der Waals surface area contributed by atoms with Gasteiger partial charge in [-0.3, -0.25) is 0 Å². The highest BCUT2D eigenvalue weighted by molar-refractivity contribution is 7.99. The third-order valence-corrected chi connectivity index (χ3v) is 5.02. The number of nitrogens with one attached hydrogen (secondary N) is 1. The van der Waals surface area contributed by atoms with Crippen LogP contribution >= 0.6 is 11.8 Å². The molecule has 2 heterocycles. The molecule has 2 aliphatic rings. The van der Waals surface area contributed by atoms with Crippen LogP contribution in [0.5, 0.6) is 0 Å². The molecule has 0 bridgehead atoms. The molecule has 3 rings (SSSR count). The molecule has 2 aliphatic heterocycles. The summed E-state index contributed by atoms with van der Waals surface area (Å²) in [5.74, 6) is 2.10. The lowest BCUT2D eigenvalue weighted by molar-refractivity contribution is 0.00154. The molecule has 2 fully saturated rings. The molecule has 0 unspecified atom stereocenters. The predicted octanol–water partition coefficient (Wildman–Crippen LogP) is 2.67. The number of hydrogen-bond acceptors (Lipinski definition) is 3. The first-order valence-corrected chi connectivity index (χ1v) is 8.78. The summed E-state index contributed by atoms with van der Waals surface area (Å²) in [6.45, 7) is 2.43. The molecule has 2 saturated heterocycles. The van der Waals surface area contributed by atoms with Crippen LogP contribution < -0.4 is 5.32 Å². The summed E-state index contributed by atoms with van der Waals surface area (Å²) >= 11 is 1.92. The average Bonchev–Trinajstić information content (AvgIpc) is 2.57. The minimum atomic E-state index is 0.0917. The number of carbonyl (C=O) groups is 1. The van der Waals surface area contributed by atoms with Gasteiger partial charge in [0.05, 0.1) is 6.10 Å². The molecule has 1 aromatic carbocycles. The fourth-order valence-corrected chi connectivity index (χ4v) is 3.76. The number of ether oxygens (including phenoxy) is 1. The Labute approximate surface area is 130 Å². The third-order valence-electron chi connectivity index (χ3n) is 4.08. The third kappa shape index (κ3) is 3.92. The van der Waals surface area contributed by atoms with Crippen molar-refractivity contribution in [3.63, 3.8) is 0 Å². The van der Waals surface area contributed by atoms with Crippen LogP contribution in [0.3, 0.4) is 0 Å². The molecule has 1 aromatic rings. The van der Waals surface area contributed by atoms with E-state index in [4.69, 9.17) is 4.74 Å². The predicted molar refractivity (Wildman–Crippen MR) is 85.6 cm³/mol. The van der Waals surface area contributed by atoms with Gasteiger partial charge in [0.15, 0.2) is 0 Å². The standard InChI is InChI=1S/C16H22N2O2S/c19-16(18-7-10-21-11-8-18)17-14-6-9-20-15(12-14)13-4-2-1-3-5-13/h1-5,14-15H,6-12H2,(H,17,19)/t14-,15-/m0/s1. The van der Waals surface area contributed by atoms with Crippen molar-refractivity contribution in [3.8, 4) is 0 Å². The first-order valence-electron chi connectivity index (χ1n) is 7.62. The van der Waals surface area contributed by atoms with Crippen molar-refractivity contribution in [2.24, 2.45) is 0 Å². The highest BCUT2D eigenvalue weighted by atomic mass is 32.2. The molecular formula is C16H22N2O2S. The normalized spacial score (nSPS) is 26.4. The van der Waals surface area contributed by atoms with E-state index < -0.39 is 0 Å². The van der Waals surface area contributed by atoms with Gasteiger partial charge in [0.25, 0.3) is 0 Å². The van der Waals surface area contributed by atoms with Crippen LogP contribution in [-0.4, -0.2) is 48.2 Å². The second-order valence-corrected chi connectivity index (χ2v) is 6.77. The van der Waals surface area contributed by atoms with Gasteiger partial charge in [-0.25, -0.2) is 4.79 Å².